The lowest BCUT2D eigenvalue weighted by Gasteiger charge is -2.25. The molecule has 31 heavy (non-hydrogen) atoms. The Labute approximate surface area is 185 Å². The molecule has 1 atom stereocenters. The number of nitrogens with one attached hydrogen (secondary N) is 3. The fourth-order valence-electron chi connectivity index (χ4n) is 3.36. The van der Waals surface area contributed by atoms with Gasteiger partial charge in [-0.1, -0.05) is 0 Å². The number of benzene rings is 1. The number of nitrogens with zero attached hydrogens (tertiary/aromatic N) is 2. The first kappa shape index (κ1) is 23.2. The summed E-state index contributed by atoms with van der Waals surface area (Å²) >= 11 is 0. The Morgan fingerprint density at radius 2 is 1.94 bits per heavy atom. The fourth-order valence-corrected chi connectivity index (χ4v) is 3.36. The highest BCUT2D eigenvalue weighted by Gasteiger charge is 2.29. The number of aliphatic imine (C=N–C) groups is 1. The predicted octanol–water partition coefficient (Wildman–Crippen LogP) is 2.60. The standard InChI is InChI=1S/C23H37N5O3/c1-16(28(5)18-8-9-18)14-24-22(25-15-21(29)27-23(2,3)4)26-17-7-10-19-20(13-17)31-12-6-11-30-19/h7,10,13,16,18H,6,8-9,11-12,14-15H2,1-5H3,(H,27,29)(H2,24,25,26). The molecule has 1 aromatic carbocycles. The first-order valence-electron chi connectivity index (χ1n) is 11.2. The number of carbonyl (C=O) groups excluding carboxylic acids is 1. The van der Waals surface area contributed by atoms with Gasteiger partial charge in [0.2, 0.25) is 5.91 Å². The maximum Gasteiger partial charge on any atom is 0.242 e. The lowest BCUT2D eigenvalue weighted by Crippen LogP contribution is -2.44. The van der Waals surface area contributed by atoms with Gasteiger partial charge in [-0.2, -0.15) is 0 Å². The molecule has 0 radical (unpaired) electrons. The molecule has 1 aliphatic heterocycles. The van der Waals surface area contributed by atoms with E-state index in [1.54, 1.807) is 0 Å². The lowest BCUT2D eigenvalue weighted by atomic mass is 10.1. The number of guanidine groups is 1. The van der Waals surface area contributed by atoms with E-state index >= 15 is 0 Å². The van der Waals surface area contributed by atoms with Gasteiger partial charge in [-0.15, -0.1) is 0 Å². The molecule has 3 N–H and O–H groups in total. The Hall–Kier alpha value is -2.48. The van der Waals surface area contributed by atoms with Crippen LogP contribution >= 0.6 is 0 Å². The van der Waals surface area contributed by atoms with Gasteiger partial charge in [0.05, 0.1) is 13.2 Å². The minimum Gasteiger partial charge on any atom is -0.490 e. The van der Waals surface area contributed by atoms with E-state index in [1.165, 1.54) is 12.8 Å². The van der Waals surface area contributed by atoms with Crippen molar-refractivity contribution in [2.45, 2.75) is 64.6 Å². The highest BCUT2D eigenvalue weighted by atomic mass is 16.5. The van der Waals surface area contributed by atoms with Crippen LogP contribution in [0, 0.1) is 0 Å². The summed E-state index contributed by atoms with van der Waals surface area (Å²) in [6, 6.07) is 6.78. The first-order chi connectivity index (χ1) is 14.7. The third-order valence-corrected chi connectivity index (χ3v) is 5.29. The summed E-state index contributed by atoms with van der Waals surface area (Å²) in [5.74, 6) is 1.91. The van der Waals surface area contributed by atoms with Gasteiger partial charge in [-0.05, 0) is 59.7 Å². The number of fused-ring (bicyclic) bond motifs is 1. The van der Waals surface area contributed by atoms with Crippen molar-refractivity contribution in [3.63, 3.8) is 0 Å². The van der Waals surface area contributed by atoms with Crippen molar-refractivity contribution < 1.29 is 14.3 Å². The Morgan fingerprint density at radius 1 is 1.23 bits per heavy atom. The molecule has 1 aliphatic carbocycles. The van der Waals surface area contributed by atoms with E-state index in [0.717, 1.165) is 24.4 Å². The summed E-state index contributed by atoms with van der Waals surface area (Å²) in [5.41, 5.74) is 0.540. The molecule has 1 saturated carbocycles. The van der Waals surface area contributed by atoms with E-state index in [0.29, 0.717) is 37.0 Å². The van der Waals surface area contributed by atoms with E-state index in [1.807, 2.05) is 39.0 Å². The third-order valence-electron chi connectivity index (χ3n) is 5.29. The van der Waals surface area contributed by atoms with Gasteiger partial charge in [-0.25, -0.2) is 4.99 Å². The van der Waals surface area contributed by atoms with Gasteiger partial charge in [0.25, 0.3) is 0 Å². The molecular weight excluding hydrogens is 394 g/mol. The van der Waals surface area contributed by atoms with E-state index in [9.17, 15) is 4.79 Å². The summed E-state index contributed by atoms with van der Waals surface area (Å²) < 4.78 is 11.5. The van der Waals surface area contributed by atoms with Crippen LogP contribution in [-0.4, -0.2) is 67.7 Å². The number of likely N-dealkylation sites (N-methyl/N-ethyl adjacent to an activating group) is 1. The normalized spacial score (nSPS) is 17.7. The maximum absolute atomic E-state index is 12.3. The fraction of sp³-hybridized carbons (Fsp3) is 0.652. The van der Waals surface area contributed by atoms with Crippen LogP contribution in [0.3, 0.4) is 0 Å². The zero-order chi connectivity index (χ0) is 22.4. The van der Waals surface area contributed by atoms with Crippen LogP contribution in [0.15, 0.2) is 23.2 Å². The number of anilines is 1. The maximum atomic E-state index is 12.3. The monoisotopic (exact) mass is 431 g/mol. The second kappa shape index (κ2) is 10.2. The summed E-state index contributed by atoms with van der Waals surface area (Å²) in [6.07, 6.45) is 3.40. The molecule has 2 aliphatic rings. The molecule has 8 heteroatoms. The molecule has 1 amide bonds. The van der Waals surface area contributed by atoms with E-state index in [-0.39, 0.29) is 18.0 Å². The van der Waals surface area contributed by atoms with E-state index in [2.05, 4.69) is 39.8 Å². The predicted molar refractivity (Wildman–Crippen MR) is 124 cm³/mol. The van der Waals surface area contributed by atoms with Crippen LogP contribution in [0.1, 0.15) is 47.0 Å². The molecule has 1 aromatic rings. The largest absolute Gasteiger partial charge is 0.490 e. The molecule has 0 saturated heterocycles. The van der Waals surface area contributed by atoms with Gasteiger partial charge in [0.15, 0.2) is 17.5 Å². The average molecular weight is 432 g/mol. The number of carbonyl (C=O) groups is 1. The molecule has 0 spiro atoms. The molecule has 1 heterocycles. The smallest absolute Gasteiger partial charge is 0.242 e. The molecule has 172 valence electrons. The van der Waals surface area contributed by atoms with Gasteiger partial charge < -0.3 is 25.4 Å². The highest BCUT2D eigenvalue weighted by molar-refractivity contribution is 5.95. The molecule has 1 unspecified atom stereocenters. The number of hydrogen-bond acceptors (Lipinski definition) is 5. The van der Waals surface area contributed by atoms with Crippen molar-refractivity contribution in [2.75, 3.05) is 38.7 Å². The topological polar surface area (TPSA) is 87.2 Å². The van der Waals surface area contributed by atoms with Crippen molar-refractivity contribution in [3.8, 4) is 11.5 Å². The zero-order valence-electron chi connectivity index (χ0n) is 19.5. The number of hydrogen-bond donors (Lipinski definition) is 3. The van der Waals surface area contributed by atoms with Crippen molar-refractivity contribution in [2.24, 2.45) is 4.99 Å². The Morgan fingerprint density at radius 3 is 2.61 bits per heavy atom. The van der Waals surface area contributed by atoms with E-state index < -0.39 is 0 Å². The van der Waals surface area contributed by atoms with Crippen LogP contribution in [0.2, 0.25) is 0 Å². The molecular formula is C23H37N5O3. The van der Waals surface area contributed by atoms with Crippen LogP contribution < -0.4 is 25.4 Å². The van der Waals surface area contributed by atoms with Gasteiger partial charge in [0.1, 0.15) is 6.54 Å². The lowest BCUT2D eigenvalue weighted by molar-refractivity contribution is -0.121. The number of amides is 1. The van der Waals surface area contributed by atoms with Crippen LogP contribution in [0.25, 0.3) is 0 Å². The van der Waals surface area contributed by atoms with Crippen molar-refractivity contribution in [1.82, 2.24) is 15.5 Å². The summed E-state index contributed by atoms with van der Waals surface area (Å²) in [4.78, 5) is 19.2. The summed E-state index contributed by atoms with van der Waals surface area (Å²) in [5, 5.41) is 9.65. The SMILES string of the molecule is CC(CNC(=NCC(=O)NC(C)(C)C)Nc1ccc2c(c1)OCCCO2)N(C)C1CC1. The molecule has 8 nitrogen and oxygen atoms in total. The summed E-state index contributed by atoms with van der Waals surface area (Å²) in [6.45, 7) is 10.1. The van der Waals surface area contributed by atoms with Gasteiger partial charge in [-0.3, -0.25) is 9.69 Å². The summed E-state index contributed by atoms with van der Waals surface area (Å²) in [7, 11) is 2.16. The van der Waals surface area contributed by atoms with Crippen molar-refractivity contribution in [3.05, 3.63) is 18.2 Å². The Kier molecular flexibility index (Phi) is 7.64. The van der Waals surface area contributed by atoms with Crippen LogP contribution in [0.5, 0.6) is 11.5 Å². The third kappa shape index (κ3) is 7.61. The van der Waals surface area contributed by atoms with Crippen molar-refractivity contribution in [1.29, 1.82) is 0 Å². The highest BCUT2D eigenvalue weighted by Crippen LogP contribution is 2.32. The Bertz CT molecular complexity index is 786. The van der Waals surface area contributed by atoms with Crippen LogP contribution in [-0.2, 0) is 4.79 Å². The van der Waals surface area contributed by atoms with Crippen LogP contribution in [0.4, 0.5) is 5.69 Å². The minimum absolute atomic E-state index is 0.0456. The number of ether oxygens (including phenoxy) is 2. The van der Waals surface area contributed by atoms with E-state index in [4.69, 9.17) is 9.47 Å². The zero-order valence-corrected chi connectivity index (χ0v) is 19.5. The van der Waals surface area contributed by atoms with Gasteiger partial charge in [0, 0.05) is 42.3 Å². The second-order valence-corrected chi connectivity index (χ2v) is 9.43. The molecule has 0 bridgehead atoms. The number of rotatable bonds is 7. The quantitative estimate of drug-likeness (QED) is 0.454. The van der Waals surface area contributed by atoms with Crippen molar-refractivity contribution >= 4 is 17.6 Å². The van der Waals surface area contributed by atoms with Gasteiger partial charge >= 0.3 is 0 Å². The molecule has 1 fully saturated rings. The molecule has 3 rings (SSSR count). The minimum atomic E-state index is -0.288. The Balaban J connectivity index is 1.67. The first-order valence-corrected chi connectivity index (χ1v) is 11.2. The molecule has 0 aromatic heterocycles. The second-order valence-electron chi connectivity index (χ2n) is 9.43. The average Bonchev–Trinajstić information content (AvgIpc) is 3.54.